The van der Waals surface area contributed by atoms with Gasteiger partial charge in [-0.05, 0) is 13.8 Å². The predicted octanol–water partition coefficient (Wildman–Crippen LogP) is 0.170. The fourth-order valence-corrected chi connectivity index (χ4v) is 1.59. The molecule has 0 aliphatic carbocycles. The molecule has 1 rings (SSSR count). The largest absolute Gasteiger partial charge is 0.343 e. The summed E-state index contributed by atoms with van der Waals surface area (Å²) in [7, 11) is 0. The monoisotopic (exact) mass is 224 g/mol. The molecule has 0 aromatic heterocycles. The van der Waals surface area contributed by atoms with Crippen LogP contribution in [0.4, 0.5) is 0 Å². The lowest BCUT2D eigenvalue weighted by Gasteiger charge is -2.20. The van der Waals surface area contributed by atoms with Gasteiger partial charge in [-0.1, -0.05) is 0 Å². The first-order valence-electron chi connectivity index (χ1n) is 5.41. The summed E-state index contributed by atoms with van der Waals surface area (Å²) in [6.07, 6.45) is 2.65. The molecule has 0 spiro atoms. The summed E-state index contributed by atoms with van der Waals surface area (Å²) in [6.45, 7) is 5.26. The molecule has 0 radical (unpaired) electrons. The fraction of sp³-hybridized carbons (Fsp3) is 0.545. The van der Waals surface area contributed by atoms with E-state index in [1.807, 2.05) is 13.8 Å². The van der Waals surface area contributed by atoms with Crippen molar-refractivity contribution in [1.29, 1.82) is 0 Å². The second kappa shape index (κ2) is 5.44. The molecule has 5 heteroatoms. The van der Waals surface area contributed by atoms with Gasteiger partial charge in [-0.2, -0.15) is 0 Å². The summed E-state index contributed by atoms with van der Waals surface area (Å²) >= 11 is 0. The molecule has 1 aliphatic heterocycles. The predicted molar refractivity (Wildman–Crippen MR) is 58.4 cm³/mol. The van der Waals surface area contributed by atoms with Crippen molar-refractivity contribution < 1.29 is 14.4 Å². The highest BCUT2D eigenvalue weighted by molar-refractivity contribution is 6.13. The third-order valence-electron chi connectivity index (χ3n) is 2.57. The zero-order valence-corrected chi connectivity index (χ0v) is 9.60. The molecule has 16 heavy (non-hydrogen) atoms. The highest BCUT2D eigenvalue weighted by atomic mass is 16.2. The molecule has 1 aliphatic rings. The average Bonchev–Trinajstić information content (AvgIpc) is 2.58. The number of hydrogen-bond acceptors (Lipinski definition) is 3. The molecule has 0 bridgehead atoms. The van der Waals surface area contributed by atoms with Gasteiger partial charge in [-0.25, -0.2) is 0 Å². The lowest BCUT2D eigenvalue weighted by atomic mass is 10.3. The minimum atomic E-state index is -0.336. The molecule has 1 heterocycles. The van der Waals surface area contributed by atoms with E-state index in [-0.39, 0.29) is 30.7 Å². The molecule has 0 atom stereocenters. The van der Waals surface area contributed by atoms with Crippen LogP contribution in [-0.4, -0.2) is 47.2 Å². The number of amides is 3. The minimum absolute atomic E-state index is 0.0301. The molecular formula is C11H16N2O3. The maximum absolute atomic E-state index is 11.6. The van der Waals surface area contributed by atoms with E-state index in [1.165, 1.54) is 12.2 Å². The van der Waals surface area contributed by atoms with Crippen LogP contribution in [0, 0.1) is 0 Å². The number of hydrogen-bond donors (Lipinski definition) is 0. The Morgan fingerprint density at radius 2 is 1.69 bits per heavy atom. The van der Waals surface area contributed by atoms with Gasteiger partial charge >= 0.3 is 0 Å². The molecule has 5 nitrogen and oxygen atoms in total. The van der Waals surface area contributed by atoms with Crippen LogP contribution < -0.4 is 0 Å². The van der Waals surface area contributed by atoms with Gasteiger partial charge < -0.3 is 4.90 Å². The van der Waals surface area contributed by atoms with Crippen LogP contribution in [0.5, 0.6) is 0 Å². The average molecular weight is 224 g/mol. The maximum atomic E-state index is 11.6. The highest BCUT2D eigenvalue weighted by Gasteiger charge is 2.24. The van der Waals surface area contributed by atoms with Crippen LogP contribution in [0.2, 0.25) is 0 Å². The third-order valence-corrected chi connectivity index (χ3v) is 2.57. The smallest absolute Gasteiger partial charge is 0.253 e. The summed E-state index contributed by atoms with van der Waals surface area (Å²) in [4.78, 5) is 36.8. The highest BCUT2D eigenvalue weighted by Crippen LogP contribution is 2.05. The SMILES string of the molecule is CCN(CC)C(=O)CCN1C(=O)C=CC1=O. The molecule has 0 fully saturated rings. The third kappa shape index (κ3) is 2.68. The van der Waals surface area contributed by atoms with Crippen molar-refractivity contribution >= 4 is 17.7 Å². The lowest BCUT2D eigenvalue weighted by molar-refractivity contribution is -0.138. The van der Waals surface area contributed by atoms with Gasteiger partial charge in [0.15, 0.2) is 0 Å². The molecule has 88 valence electrons. The Morgan fingerprint density at radius 1 is 1.19 bits per heavy atom. The summed E-state index contributed by atoms with van der Waals surface area (Å²) in [5.41, 5.74) is 0. The van der Waals surface area contributed by atoms with Gasteiger partial charge in [0.25, 0.3) is 11.8 Å². The molecule has 0 aromatic carbocycles. The topological polar surface area (TPSA) is 57.7 Å². The quantitative estimate of drug-likeness (QED) is 0.625. The van der Waals surface area contributed by atoms with Crippen molar-refractivity contribution in [3.05, 3.63) is 12.2 Å². The Bertz CT molecular complexity index is 314. The van der Waals surface area contributed by atoms with Gasteiger partial charge in [0.2, 0.25) is 5.91 Å². The maximum Gasteiger partial charge on any atom is 0.253 e. The Labute approximate surface area is 94.7 Å². The zero-order chi connectivity index (χ0) is 12.1. The van der Waals surface area contributed by atoms with Gasteiger partial charge in [-0.15, -0.1) is 0 Å². The second-order valence-corrected chi connectivity index (χ2v) is 3.48. The normalized spacial score (nSPS) is 14.8. The van der Waals surface area contributed by atoms with Crippen molar-refractivity contribution in [3.8, 4) is 0 Å². The molecular weight excluding hydrogens is 208 g/mol. The van der Waals surface area contributed by atoms with E-state index in [4.69, 9.17) is 0 Å². The van der Waals surface area contributed by atoms with Gasteiger partial charge in [0.1, 0.15) is 0 Å². The summed E-state index contributed by atoms with van der Waals surface area (Å²) in [6, 6.07) is 0. The first-order chi connectivity index (χ1) is 7.60. The standard InChI is InChI=1S/C11H16N2O3/c1-3-12(4-2)9(14)7-8-13-10(15)5-6-11(13)16/h5-6H,3-4,7-8H2,1-2H3. The first kappa shape index (κ1) is 12.4. The Morgan fingerprint density at radius 3 is 2.12 bits per heavy atom. The molecule has 0 aromatic rings. The second-order valence-electron chi connectivity index (χ2n) is 3.48. The lowest BCUT2D eigenvalue weighted by Crippen LogP contribution is -2.36. The van der Waals surface area contributed by atoms with Crippen LogP contribution in [0.15, 0.2) is 12.2 Å². The Hall–Kier alpha value is -1.65. The molecule has 0 N–H and O–H groups in total. The van der Waals surface area contributed by atoms with E-state index >= 15 is 0 Å². The number of rotatable bonds is 5. The van der Waals surface area contributed by atoms with Crippen molar-refractivity contribution in [2.24, 2.45) is 0 Å². The Balaban J connectivity index is 2.43. The molecule has 0 saturated carbocycles. The van der Waals surface area contributed by atoms with Gasteiger partial charge in [0.05, 0.1) is 0 Å². The number of carbonyl (C=O) groups is 3. The number of imide groups is 1. The Kier molecular flexibility index (Phi) is 4.22. The van der Waals surface area contributed by atoms with Crippen LogP contribution in [0.3, 0.4) is 0 Å². The van der Waals surface area contributed by atoms with Crippen LogP contribution in [0.1, 0.15) is 20.3 Å². The van der Waals surface area contributed by atoms with E-state index < -0.39 is 0 Å². The summed E-state index contributed by atoms with van der Waals surface area (Å²) in [5.74, 6) is -0.702. The van der Waals surface area contributed by atoms with Crippen molar-refractivity contribution in [1.82, 2.24) is 9.80 Å². The molecule has 3 amide bonds. The van der Waals surface area contributed by atoms with E-state index in [9.17, 15) is 14.4 Å². The number of carbonyl (C=O) groups excluding carboxylic acids is 3. The fourth-order valence-electron chi connectivity index (χ4n) is 1.59. The number of nitrogens with zero attached hydrogens (tertiary/aromatic N) is 2. The van der Waals surface area contributed by atoms with Crippen molar-refractivity contribution in [2.45, 2.75) is 20.3 Å². The summed E-state index contributed by atoms with van der Waals surface area (Å²) < 4.78 is 0. The summed E-state index contributed by atoms with van der Waals surface area (Å²) in [5, 5.41) is 0. The van der Waals surface area contributed by atoms with Crippen LogP contribution in [0.25, 0.3) is 0 Å². The van der Waals surface area contributed by atoms with Gasteiger partial charge in [0, 0.05) is 38.2 Å². The van der Waals surface area contributed by atoms with E-state index in [1.54, 1.807) is 4.90 Å². The molecule has 0 saturated heterocycles. The van der Waals surface area contributed by atoms with Crippen LogP contribution >= 0.6 is 0 Å². The van der Waals surface area contributed by atoms with Crippen LogP contribution in [-0.2, 0) is 14.4 Å². The van der Waals surface area contributed by atoms with E-state index in [2.05, 4.69) is 0 Å². The zero-order valence-electron chi connectivity index (χ0n) is 9.60. The van der Waals surface area contributed by atoms with E-state index in [0.717, 1.165) is 4.90 Å². The molecule has 0 unspecified atom stereocenters. The van der Waals surface area contributed by atoms with Crippen molar-refractivity contribution in [2.75, 3.05) is 19.6 Å². The van der Waals surface area contributed by atoms with E-state index in [0.29, 0.717) is 13.1 Å². The van der Waals surface area contributed by atoms with Gasteiger partial charge in [-0.3, -0.25) is 19.3 Å². The van der Waals surface area contributed by atoms with Crippen molar-refractivity contribution in [3.63, 3.8) is 0 Å². The first-order valence-corrected chi connectivity index (χ1v) is 5.41. The minimum Gasteiger partial charge on any atom is -0.343 e.